The van der Waals surface area contributed by atoms with Gasteiger partial charge in [0.1, 0.15) is 10.9 Å². The number of unbranched alkanes of at least 4 members (excludes halogenated alkanes) is 4. The molecule has 0 saturated carbocycles. The number of hydrogen-bond donors (Lipinski definition) is 1. The van der Waals surface area contributed by atoms with Gasteiger partial charge in [0.05, 0.1) is 5.57 Å². The summed E-state index contributed by atoms with van der Waals surface area (Å²) in [7, 11) is 0. The van der Waals surface area contributed by atoms with Crippen molar-refractivity contribution in [1.82, 2.24) is 9.58 Å². The summed E-state index contributed by atoms with van der Waals surface area (Å²) in [6, 6.07) is 8.32. The number of nitrogens with zero attached hydrogens (tertiary/aromatic N) is 4. The van der Waals surface area contributed by atoms with Crippen LogP contribution < -0.4 is 0 Å². The molecule has 6 nitrogen and oxygen atoms in total. The number of amides is 1. The zero-order valence-electron chi connectivity index (χ0n) is 19.2. The third-order valence-electron chi connectivity index (χ3n) is 5.83. The number of aromatic nitrogens is 1. The Morgan fingerprint density at radius 1 is 1.15 bits per heavy atom. The Morgan fingerprint density at radius 3 is 2.70 bits per heavy atom. The molecule has 33 heavy (non-hydrogen) atoms. The molecule has 0 unspecified atom stereocenters. The predicted octanol–water partition coefficient (Wildman–Crippen LogP) is 6.21. The summed E-state index contributed by atoms with van der Waals surface area (Å²) < 4.78 is 15.7. The fraction of sp³-hybridized carbons (Fsp3) is 0.360. The lowest BCUT2D eigenvalue weighted by molar-refractivity contribution is -0.114. The topological polar surface area (TPSA) is 73.8 Å². The van der Waals surface area contributed by atoms with E-state index in [1.807, 2.05) is 30.5 Å². The summed E-state index contributed by atoms with van der Waals surface area (Å²) in [6.07, 6.45) is 8.38. The van der Waals surface area contributed by atoms with Gasteiger partial charge in [0.25, 0.3) is 5.91 Å². The number of aryl methyl sites for hydroxylation is 1. The molecule has 1 N–H and O–H groups in total. The molecular weight excluding hydrogens is 437 g/mol. The largest absolute Gasteiger partial charge is 0.318 e. The van der Waals surface area contributed by atoms with E-state index in [9.17, 15) is 9.18 Å². The molecule has 0 saturated heterocycles. The van der Waals surface area contributed by atoms with Gasteiger partial charge in [-0.1, -0.05) is 38.7 Å². The fourth-order valence-corrected chi connectivity index (χ4v) is 5.04. The van der Waals surface area contributed by atoms with Crippen LogP contribution in [0.2, 0.25) is 0 Å². The van der Waals surface area contributed by atoms with Crippen LogP contribution in [-0.2, 0) is 4.79 Å². The lowest BCUT2D eigenvalue weighted by Crippen LogP contribution is -2.35. The van der Waals surface area contributed by atoms with Crippen LogP contribution in [0, 0.1) is 25.1 Å². The maximum atomic E-state index is 13.8. The van der Waals surface area contributed by atoms with E-state index in [1.165, 1.54) is 48.2 Å². The van der Waals surface area contributed by atoms with Crippen molar-refractivity contribution >= 4 is 39.8 Å². The number of amidine groups is 2. The molecule has 1 aromatic carbocycles. The normalized spacial score (nSPS) is 17.0. The van der Waals surface area contributed by atoms with Crippen molar-refractivity contribution in [2.45, 2.75) is 59.3 Å². The molecule has 2 aliphatic rings. The van der Waals surface area contributed by atoms with E-state index >= 15 is 0 Å². The van der Waals surface area contributed by atoms with E-state index in [0.717, 1.165) is 41.3 Å². The molecule has 0 atom stereocenters. The Balaban J connectivity index is 1.56. The molecule has 172 valence electrons. The molecule has 8 heteroatoms. The average molecular weight is 466 g/mol. The van der Waals surface area contributed by atoms with Crippen molar-refractivity contribution in [2.75, 3.05) is 0 Å². The molecule has 0 fully saturated rings. The summed E-state index contributed by atoms with van der Waals surface area (Å²) in [5.74, 6) is -0.709. The van der Waals surface area contributed by atoms with E-state index in [0.29, 0.717) is 10.9 Å². The molecule has 0 radical (unpaired) electrons. The Morgan fingerprint density at radius 2 is 1.94 bits per heavy atom. The monoisotopic (exact) mass is 465 g/mol. The number of halogens is 1. The third-order valence-corrected chi connectivity index (χ3v) is 6.80. The van der Waals surface area contributed by atoms with Crippen LogP contribution >= 0.6 is 11.8 Å². The second-order valence-corrected chi connectivity index (χ2v) is 9.36. The Labute approximate surface area is 197 Å². The minimum absolute atomic E-state index is 0.0361. The lowest BCUT2D eigenvalue weighted by atomic mass is 10.1. The van der Waals surface area contributed by atoms with Crippen LogP contribution in [0.15, 0.2) is 46.0 Å². The number of carbonyl (C=O) groups is 1. The first kappa shape index (κ1) is 23.2. The number of carbonyl (C=O) groups excluding carboxylic acids is 1. The van der Waals surface area contributed by atoms with Crippen molar-refractivity contribution in [3.8, 4) is 5.69 Å². The first-order valence-electron chi connectivity index (χ1n) is 11.3. The average Bonchev–Trinajstić information content (AvgIpc) is 3.30. The molecule has 0 spiro atoms. The zero-order chi connectivity index (χ0) is 23.5. The van der Waals surface area contributed by atoms with Gasteiger partial charge in [-0.15, -0.1) is 0 Å². The highest BCUT2D eigenvalue weighted by Crippen LogP contribution is 2.31. The van der Waals surface area contributed by atoms with Crippen LogP contribution in [0.1, 0.15) is 62.4 Å². The van der Waals surface area contributed by atoms with Gasteiger partial charge >= 0.3 is 0 Å². The number of fused-ring (bicyclic) bond motifs is 1. The Kier molecular flexibility index (Phi) is 6.93. The third kappa shape index (κ3) is 4.85. The van der Waals surface area contributed by atoms with E-state index in [2.05, 4.69) is 17.0 Å². The van der Waals surface area contributed by atoms with E-state index in [-0.39, 0.29) is 17.2 Å². The number of benzene rings is 1. The van der Waals surface area contributed by atoms with E-state index in [4.69, 9.17) is 5.41 Å². The van der Waals surface area contributed by atoms with Crippen molar-refractivity contribution in [3.05, 3.63) is 58.7 Å². The van der Waals surface area contributed by atoms with Gasteiger partial charge in [-0.2, -0.15) is 15.1 Å². The molecule has 1 amide bonds. The summed E-state index contributed by atoms with van der Waals surface area (Å²) in [4.78, 5) is 17.0. The van der Waals surface area contributed by atoms with Crippen LogP contribution in [0.5, 0.6) is 0 Å². The molecule has 2 aromatic rings. The predicted molar refractivity (Wildman–Crippen MR) is 134 cm³/mol. The quantitative estimate of drug-likeness (QED) is 0.372. The molecule has 0 bridgehead atoms. The lowest BCUT2D eigenvalue weighted by Gasteiger charge is -2.20. The summed E-state index contributed by atoms with van der Waals surface area (Å²) >= 11 is 1.38. The maximum Gasteiger partial charge on any atom is 0.283 e. The number of rotatable bonds is 8. The van der Waals surface area contributed by atoms with E-state index < -0.39 is 5.91 Å². The van der Waals surface area contributed by atoms with E-state index in [1.54, 1.807) is 12.1 Å². The summed E-state index contributed by atoms with van der Waals surface area (Å²) in [5.41, 5.74) is 3.46. The first-order chi connectivity index (χ1) is 15.9. The molecule has 1 aromatic heterocycles. The highest BCUT2D eigenvalue weighted by molar-refractivity contribution is 8.26. The van der Waals surface area contributed by atoms with Gasteiger partial charge in [-0.05, 0) is 74.4 Å². The highest BCUT2D eigenvalue weighted by Gasteiger charge is 2.35. The standard InChI is InChI=1S/C25H28FN5OS/c1-4-5-6-7-8-12-22-29-31-23(27)21(24(32)28-25(31)33-22)14-18-13-16(2)30(17(18)3)20-11-9-10-19(26)15-20/h9-11,13-15,27H,4-8,12H2,1-3H3. The fourth-order valence-electron chi connectivity index (χ4n) is 4.11. The van der Waals surface area contributed by atoms with Crippen molar-refractivity contribution < 1.29 is 9.18 Å². The highest BCUT2D eigenvalue weighted by atomic mass is 32.2. The second kappa shape index (κ2) is 9.87. The minimum atomic E-state index is -0.436. The van der Waals surface area contributed by atoms with Crippen LogP contribution in [0.4, 0.5) is 4.39 Å². The number of nitrogens with one attached hydrogen (secondary N) is 1. The molecule has 0 aliphatic carbocycles. The number of thioether (sulfide) groups is 1. The van der Waals surface area contributed by atoms with Crippen molar-refractivity contribution in [3.63, 3.8) is 0 Å². The number of hydrazone groups is 1. The first-order valence-corrected chi connectivity index (χ1v) is 12.1. The minimum Gasteiger partial charge on any atom is -0.318 e. The number of hydrogen-bond acceptors (Lipinski definition) is 4. The SMILES string of the molecule is CCCCCCCC1=NN2C(=N)C(=Cc3cc(C)n(-c4cccc(F)c4)c3C)C(=O)N=C2S1. The summed E-state index contributed by atoms with van der Waals surface area (Å²) in [5, 5.41) is 16.0. The number of aliphatic imine (C=N–C) groups is 1. The molecule has 2 aliphatic heterocycles. The zero-order valence-corrected chi connectivity index (χ0v) is 20.0. The second-order valence-electron chi connectivity index (χ2n) is 8.32. The van der Waals surface area contributed by atoms with Crippen LogP contribution in [0.3, 0.4) is 0 Å². The van der Waals surface area contributed by atoms with Crippen LogP contribution in [-0.4, -0.2) is 31.5 Å². The Hall–Kier alpha value is -3.00. The van der Waals surface area contributed by atoms with Gasteiger partial charge in [-0.25, -0.2) is 4.39 Å². The maximum absolute atomic E-state index is 13.8. The van der Waals surface area contributed by atoms with Gasteiger partial charge < -0.3 is 4.57 Å². The van der Waals surface area contributed by atoms with Crippen LogP contribution in [0.25, 0.3) is 11.8 Å². The van der Waals surface area contributed by atoms with Gasteiger partial charge in [-0.3, -0.25) is 10.2 Å². The van der Waals surface area contributed by atoms with Gasteiger partial charge in [0.2, 0.25) is 5.17 Å². The van der Waals surface area contributed by atoms with Crippen molar-refractivity contribution in [2.24, 2.45) is 10.1 Å². The van der Waals surface area contributed by atoms with Gasteiger partial charge in [0, 0.05) is 17.1 Å². The molecular formula is C25H28FN5OS. The molecule has 3 heterocycles. The summed E-state index contributed by atoms with van der Waals surface area (Å²) in [6.45, 7) is 6.04. The van der Waals surface area contributed by atoms with Crippen molar-refractivity contribution in [1.29, 1.82) is 5.41 Å². The Bertz CT molecular complexity index is 1190. The van der Waals surface area contributed by atoms with Gasteiger partial charge in [0.15, 0.2) is 5.84 Å². The molecule has 4 rings (SSSR count). The smallest absolute Gasteiger partial charge is 0.283 e.